The quantitative estimate of drug-likeness (QED) is 0.388. The normalized spacial score (nSPS) is 14.7. The molecule has 3 aromatic carbocycles. The standard InChI is InChI=1S/C27H26N4O2S/c1-19(26(32)28-21-11-13-22(14-12-21)31-15-17-33-18-16-31)34-27-24-10-6-5-9-23(24)25(29-30-27)20-7-3-2-4-8-20/h2-14,19H,15-18H2,1H3,(H,28,32). The van der Waals surface area contributed by atoms with Gasteiger partial charge in [-0.3, -0.25) is 4.79 Å². The lowest BCUT2D eigenvalue weighted by molar-refractivity contribution is -0.115. The van der Waals surface area contributed by atoms with Gasteiger partial charge in [-0.15, -0.1) is 10.2 Å². The number of rotatable bonds is 6. The molecule has 1 fully saturated rings. The Morgan fingerprint density at radius 3 is 2.32 bits per heavy atom. The van der Waals surface area contributed by atoms with Crippen molar-refractivity contribution in [3.63, 3.8) is 0 Å². The van der Waals surface area contributed by atoms with Crippen LogP contribution in [0.25, 0.3) is 22.0 Å². The van der Waals surface area contributed by atoms with E-state index in [0.717, 1.165) is 64.7 Å². The number of amides is 1. The molecule has 2 heterocycles. The highest BCUT2D eigenvalue weighted by Gasteiger charge is 2.19. The number of hydrogen-bond acceptors (Lipinski definition) is 6. The highest BCUT2D eigenvalue weighted by Crippen LogP contribution is 2.33. The van der Waals surface area contributed by atoms with Crippen molar-refractivity contribution in [1.82, 2.24) is 10.2 Å². The van der Waals surface area contributed by atoms with E-state index < -0.39 is 0 Å². The number of carbonyl (C=O) groups is 1. The van der Waals surface area contributed by atoms with Gasteiger partial charge >= 0.3 is 0 Å². The fourth-order valence-electron chi connectivity index (χ4n) is 4.02. The van der Waals surface area contributed by atoms with Crippen molar-refractivity contribution in [2.75, 3.05) is 36.5 Å². The fraction of sp³-hybridized carbons (Fsp3) is 0.222. The minimum atomic E-state index is -0.334. The molecule has 1 amide bonds. The number of nitrogens with one attached hydrogen (secondary N) is 1. The first kappa shape index (κ1) is 22.4. The second-order valence-corrected chi connectivity index (χ2v) is 9.49. The summed E-state index contributed by atoms with van der Waals surface area (Å²) in [6, 6.07) is 26.1. The molecule has 7 heteroatoms. The number of morpholine rings is 1. The van der Waals surface area contributed by atoms with E-state index in [1.165, 1.54) is 11.8 Å². The van der Waals surface area contributed by atoms with Crippen LogP contribution in [0.4, 0.5) is 11.4 Å². The number of ether oxygens (including phenoxy) is 1. The first-order chi connectivity index (χ1) is 16.7. The summed E-state index contributed by atoms with van der Waals surface area (Å²) in [7, 11) is 0. The Hall–Kier alpha value is -3.42. The Morgan fingerprint density at radius 1 is 0.912 bits per heavy atom. The lowest BCUT2D eigenvalue weighted by atomic mass is 10.1. The van der Waals surface area contributed by atoms with Gasteiger partial charge in [0, 0.05) is 40.8 Å². The summed E-state index contributed by atoms with van der Waals surface area (Å²) in [5, 5.41) is 14.5. The van der Waals surface area contributed by atoms with Gasteiger partial charge in [-0.2, -0.15) is 0 Å². The minimum Gasteiger partial charge on any atom is -0.378 e. The van der Waals surface area contributed by atoms with Crippen molar-refractivity contribution in [2.45, 2.75) is 17.2 Å². The molecule has 1 saturated heterocycles. The van der Waals surface area contributed by atoms with Crippen LogP contribution in [0.15, 0.2) is 83.9 Å². The molecule has 0 radical (unpaired) electrons. The van der Waals surface area contributed by atoms with Gasteiger partial charge in [-0.1, -0.05) is 66.4 Å². The van der Waals surface area contributed by atoms with E-state index in [4.69, 9.17) is 4.74 Å². The number of carbonyl (C=O) groups excluding carboxylic acids is 1. The van der Waals surface area contributed by atoms with Crippen LogP contribution in [0.2, 0.25) is 0 Å². The third kappa shape index (κ3) is 4.90. The molecule has 1 aliphatic heterocycles. The van der Waals surface area contributed by atoms with E-state index in [0.29, 0.717) is 0 Å². The zero-order valence-electron chi connectivity index (χ0n) is 19.0. The molecule has 1 atom stereocenters. The van der Waals surface area contributed by atoms with Gasteiger partial charge < -0.3 is 15.0 Å². The Bertz CT molecular complexity index is 1280. The van der Waals surface area contributed by atoms with Gasteiger partial charge in [0.25, 0.3) is 0 Å². The maximum atomic E-state index is 12.9. The lowest BCUT2D eigenvalue weighted by Crippen LogP contribution is -2.36. The zero-order chi connectivity index (χ0) is 23.3. The molecule has 34 heavy (non-hydrogen) atoms. The Labute approximate surface area is 203 Å². The maximum Gasteiger partial charge on any atom is 0.237 e. The van der Waals surface area contributed by atoms with E-state index in [1.807, 2.05) is 79.7 Å². The third-order valence-electron chi connectivity index (χ3n) is 5.87. The van der Waals surface area contributed by atoms with Crippen LogP contribution < -0.4 is 10.2 Å². The number of nitrogens with zero attached hydrogens (tertiary/aromatic N) is 3. The largest absolute Gasteiger partial charge is 0.378 e. The Kier molecular flexibility index (Phi) is 6.74. The van der Waals surface area contributed by atoms with Crippen molar-refractivity contribution in [3.05, 3.63) is 78.9 Å². The van der Waals surface area contributed by atoms with E-state index >= 15 is 0 Å². The van der Waals surface area contributed by atoms with E-state index in [2.05, 4.69) is 26.5 Å². The summed E-state index contributed by atoms with van der Waals surface area (Å²) in [6.45, 7) is 5.16. The second kappa shape index (κ2) is 10.2. The summed E-state index contributed by atoms with van der Waals surface area (Å²) >= 11 is 1.42. The van der Waals surface area contributed by atoms with Gasteiger partial charge in [0.05, 0.1) is 18.5 Å². The first-order valence-electron chi connectivity index (χ1n) is 11.4. The van der Waals surface area contributed by atoms with Gasteiger partial charge in [0.2, 0.25) is 5.91 Å². The molecule has 5 rings (SSSR count). The maximum absolute atomic E-state index is 12.9. The van der Waals surface area contributed by atoms with Crippen LogP contribution >= 0.6 is 11.8 Å². The van der Waals surface area contributed by atoms with Crippen LogP contribution in [0.5, 0.6) is 0 Å². The molecule has 0 aliphatic carbocycles. The van der Waals surface area contributed by atoms with Crippen molar-refractivity contribution < 1.29 is 9.53 Å². The number of fused-ring (bicyclic) bond motifs is 1. The molecule has 0 saturated carbocycles. The van der Waals surface area contributed by atoms with Crippen LogP contribution in [0.1, 0.15) is 6.92 Å². The summed E-state index contributed by atoms with van der Waals surface area (Å²) in [4.78, 5) is 15.2. The van der Waals surface area contributed by atoms with Gasteiger partial charge in [0.15, 0.2) is 0 Å². The highest BCUT2D eigenvalue weighted by molar-refractivity contribution is 8.00. The number of anilines is 2. The van der Waals surface area contributed by atoms with E-state index in [-0.39, 0.29) is 11.2 Å². The van der Waals surface area contributed by atoms with Crippen molar-refractivity contribution >= 4 is 39.8 Å². The molecule has 4 aromatic rings. The smallest absolute Gasteiger partial charge is 0.237 e. The van der Waals surface area contributed by atoms with Crippen LogP contribution in [-0.2, 0) is 9.53 Å². The summed E-state index contributed by atoms with van der Waals surface area (Å²) in [5.74, 6) is -0.0675. The Morgan fingerprint density at radius 2 is 1.59 bits per heavy atom. The topological polar surface area (TPSA) is 67.4 Å². The summed E-state index contributed by atoms with van der Waals surface area (Å²) in [5.41, 5.74) is 3.79. The number of thioether (sulfide) groups is 1. The number of aromatic nitrogens is 2. The van der Waals surface area contributed by atoms with Crippen molar-refractivity contribution in [1.29, 1.82) is 0 Å². The molecule has 0 bridgehead atoms. The molecular weight excluding hydrogens is 444 g/mol. The van der Waals surface area contributed by atoms with E-state index in [1.54, 1.807) is 0 Å². The molecule has 1 aliphatic rings. The SMILES string of the molecule is CC(Sc1nnc(-c2ccccc2)c2ccccc12)C(=O)Nc1ccc(N2CCOCC2)cc1. The predicted octanol–water partition coefficient (Wildman–Crippen LogP) is 5.25. The average Bonchev–Trinajstić information content (AvgIpc) is 2.90. The van der Waals surface area contributed by atoms with Gasteiger partial charge in [0.1, 0.15) is 10.7 Å². The fourth-order valence-corrected chi connectivity index (χ4v) is 4.91. The van der Waals surface area contributed by atoms with Crippen molar-refractivity contribution in [2.24, 2.45) is 0 Å². The van der Waals surface area contributed by atoms with Gasteiger partial charge in [-0.05, 0) is 31.2 Å². The lowest BCUT2D eigenvalue weighted by Gasteiger charge is -2.28. The average molecular weight is 471 g/mol. The molecular formula is C27H26N4O2S. The second-order valence-electron chi connectivity index (χ2n) is 8.16. The zero-order valence-corrected chi connectivity index (χ0v) is 19.8. The molecule has 1 aromatic heterocycles. The molecule has 6 nitrogen and oxygen atoms in total. The molecule has 1 unspecified atom stereocenters. The number of benzene rings is 3. The van der Waals surface area contributed by atoms with Crippen LogP contribution in [-0.4, -0.2) is 47.7 Å². The molecule has 1 N–H and O–H groups in total. The molecule has 0 spiro atoms. The summed E-state index contributed by atoms with van der Waals surface area (Å²) in [6.07, 6.45) is 0. The van der Waals surface area contributed by atoms with E-state index in [9.17, 15) is 4.79 Å². The molecule has 172 valence electrons. The number of hydrogen-bond donors (Lipinski definition) is 1. The van der Waals surface area contributed by atoms with Crippen LogP contribution in [0.3, 0.4) is 0 Å². The Balaban J connectivity index is 1.30. The van der Waals surface area contributed by atoms with Crippen molar-refractivity contribution in [3.8, 4) is 11.3 Å². The highest BCUT2D eigenvalue weighted by atomic mass is 32.2. The third-order valence-corrected chi connectivity index (χ3v) is 6.96. The predicted molar refractivity (Wildman–Crippen MR) is 138 cm³/mol. The summed E-state index contributed by atoms with van der Waals surface area (Å²) < 4.78 is 5.42. The first-order valence-corrected chi connectivity index (χ1v) is 12.3. The van der Waals surface area contributed by atoms with Crippen LogP contribution in [0, 0.1) is 0 Å². The van der Waals surface area contributed by atoms with Gasteiger partial charge in [-0.25, -0.2) is 0 Å². The minimum absolute atomic E-state index is 0.0675. The monoisotopic (exact) mass is 470 g/mol.